The lowest BCUT2D eigenvalue weighted by molar-refractivity contribution is -0.127. The smallest absolute Gasteiger partial charge is 0.240 e. The van der Waals surface area contributed by atoms with Crippen LogP contribution in [0.2, 0.25) is 0 Å². The van der Waals surface area contributed by atoms with E-state index < -0.39 is 0 Å². The second-order valence-electron chi connectivity index (χ2n) is 4.22. The van der Waals surface area contributed by atoms with Crippen molar-refractivity contribution in [2.24, 2.45) is 0 Å². The summed E-state index contributed by atoms with van der Waals surface area (Å²) in [5.41, 5.74) is -0.326. The van der Waals surface area contributed by atoms with Gasteiger partial charge in [0.25, 0.3) is 0 Å². The highest BCUT2D eigenvalue weighted by atomic mass is 16.5. The maximum atomic E-state index is 12.0. The lowest BCUT2D eigenvalue weighted by atomic mass is 9.93. The monoisotopic (exact) mass is 214 g/mol. The van der Waals surface area contributed by atoms with Crippen LogP contribution >= 0.6 is 0 Å². The zero-order valence-electron chi connectivity index (χ0n) is 9.93. The molecule has 0 aliphatic carbocycles. The molecule has 1 aliphatic heterocycles. The third-order valence-corrected chi connectivity index (χ3v) is 3.23. The van der Waals surface area contributed by atoms with Gasteiger partial charge in [0, 0.05) is 13.7 Å². The molecule has 2 atom stereocenters. The minimum Gasteiger partial charge on any atom is -0.380 e. The second kappa shape index (κ2) is 5.47. The minimum atomic E-state index is -0.326. The average Bonchev–Trinajstić information content (AvgIpc) is 2.75. The van der Waals surface area contributed by atoms with Gasteiger partial charge in [-0.05, 0) is 32.7 Å². The van der Waals surface area contributed by atoms with Gasteiger partial charge < -0.3 is 15.4 Å². The van der Waals surface area contributed by atoms with Crippen LogP contribution in [-0.2, 0) is 9.53 Å². The fourth-order valence-corrected chi connectivity index (χ4v) is 1.95. The molecule has 1 fully saturated rings. The molecule has 88 valence electrons. The summed E-state index contributed by atoms with van der Waals surface area (Å²) >= 11 is 0. The molecule has 1 amide bonds. The molecule has 1 heterocycles. The molecule has 1 rings (SSSR count). The highest BCUT2D eigenvalue weighted by Gasteiger charge is 2.38. The number of hydrogen-bond donors (Lipinski definition) is 2. The normalized spacial score (nSPS) is 27.7. The van der Waals surface area contributed by atoms with Crippen LogP contribution in [0.3, 0.4) is 0 Å². The second-order valence-corrected chi connectivity index (χ2v) is 4.22. The Morgan fingerprint density at radius 3 is 2.87 bits per heavy atom. The molecule has 2 unspecified atom stereocenters. The van der Waals surface area contributed by atoms with E-state index in [1.165, 1.54) is 0 Å². The molecule has 0 saturated carbocycles. The first-order valence-corrected chi connectivity index (χ1v) is 5.70. The summed E-state index contributed by atoms with van der Waals surface area (Å²) in [7, 11) is 1.65. The van der Waals surface area contributed by atoms with Crippen LogP contribution in [0.4, 0.5) is 0 Å². The number of rotatable bonds is 5. The fraction of sp³-hybridized carbons (Fsp3) is 0.909. The number of amides is 1. The molecule has 4 heteroatoms. The van der Waals surface area contributed by atoms with Crippen LogP contribution in [0.25, 0.3) is 0 Å². The summed E-state index contributed by atoms with van der Waals surface area (Å²) in [5.74, 6) is 0.117. The fourth-order valence-electron chi connectivity index (χ4n) is 1.95. The predicted molar refractivity (Wildman–Crippen MR) is 59.7 cm³/mol. The van der Waals surface area contributed by atoms with Gasteiger partial charge in [-0.1, -0.05) is 6.92 Å². The number of hydrogen-bond acceptors (Lipinski definition) is 3. The van der Waals surface area contributed by atoms with Crippen molar-refractivity contribution in [3.05, 3.63) is 0 Å². The van der Waals surface area contributed by atoms with Crippen molar-refractivity contribution in [3.8, 4) is 0 Å². The predicted octanol–water partition coefficient (Wildman–Crippen LogP) is 0.670. The maximum Gasteiger partial charge on any atom is 0.240 e. The lowest BCUT2D eigenvalue weighted by Gasteiger charge is -2.27. The number of nitrogens with one attached hydrogen (secondary N) is 2. The Bertz CT molecular complexity index is 213. The standard InChI is InChI=1S/C11H22N2O2/c1-4-11(6-5-7-13-11)10(14)12-8-9(2)15-3/h9,13H,4-8H2,1-3H3,(H,12,14). The minimum absolute atomic E-state index is 0.0734. The van der Waals surface area contributed by atoms with Gasteiger partial charge in [0.2, 0.25) is 5.91 Å². The Morgan fingerprint density at radius 1 is 1.67 bits per heavy atom. The van der Waals surface area contributed by atoms with Crippen molar-refractivity contribution in [1.82, 2.24) is 10.6 Å². The van der Waals surface area contributed by atoms with E-state index in [2.05, 4.69) is 17.6 Å². The summed E-state index contributed by atoms with van der Waals surface area (Å²) in [6.45, 7) is 5.53. The van der Waals surface area contributed by atoms with E-state index in [0.717, 1.165) is 25.8 Å². The van der Waals surface area contributed by atoms with Crippen molar-refractivity contribution in [2.75, 3.05) is 20.2 Å². The van der Waals surface area contributed by atoms with Crippen LogP contribution in [0, 0.1) is 0 Å². The number of ether oxygens (including phenoxy) is 1. The molecule has 0 bridgehead atoms. The van der Waals surface area contributed by atoms with Crippen molar-refractivity contribution in [2.45, 2.75) is 44.8 Å². The van der Waals surface area contributed by atoms with Gasteiger partial charge in [-0.2, -0.15) is 0 Å². The molecular formula is C11H22N2O2. The van der Waals surface area contributed by atoms with Gasteiger partial charge in [0.1, 0.15) is 0 Å². The summed E-state index contributed by atoms with van der Waals surface area (Å²) in [4.78, 5) is 12.0. The first kappa shape index (κ1) is 12.5. The molecule has 0 spiro atoms. The van der Waals surface area contributed by atoms with Gasteiger partial charge in [0.05, 0.1) is 11.6 Å². The van der Waals surface area contributed by atoms with E-state index in [-0.39, 0.29) is 17.6 Å². The molecule has 4 nitrogen and oxygen atoms in total. The zero-order chi connectivity index (χ0) is 11.3. The average molecular weight is 214 g/mol. The zero-order valence-corrected chi connectivity index (χ0v) is 9.93. The van der Waals surface area contributed by atoms with Gasteiger partial charge in [-0.25, -0.2) is 0 Å². The number of carbonyl (C=O) groups is 1. The number of methoxy groups -OCH3 is 1. The molecule has 1 aliphatic rings. The van der Waals surface area contributed by atoms with E-state index in [1.807, 2.05) is 6.92 Å². The quantitative estimate of drug-likeness (QED) is 0.707. The van der Waals surface area contributed by atoms with Crippen molar-refractivity contribution in [3.63, 3.8) is 0 Å². The summed E-state index contributed by atoms with van der Waals surface area (Å²) in [5, 5.41) is 6.25. The molecule has 1 saturated heterocycles. The third-order valence-electron chi connectivity index (χ3n) is 3.23. The molecule has 15 heavy (non-hydrogen) atoms. The SMILES string of the molecule is CCC1(C(=O)NCC(C)OC)CCCN1. The Labute approximate surface area is 91.8 Å². The maximum absolute atomic E-state index is 12.0. The van der Waals surface area contributed by atoms with E-state index in [1.54, 1.807) is 7.11 Å². The van der Waals surface area contributed by atoms with E-state index in [4.69, 9.17) is 4.74 Å². The molecule has 0 radical (unpaired) electrons. The van der Waals surface area contributed by atoms with E-state index in [0.29, 0.717) is 6.54 Å². The van der Waals surface area contributed by atoms with Crippen LogP contribution in [0.1, 0.15) is 33.1 Å². The largest absolute Gasteiger partial charge is 0.380 e. The lowest BCUT2D eigenvalue weighted by Crippen LogP contribution is -2.54. The third kappa shape index (κ3) is 2.92. The van der Waals surface area contributed by atoms with Crippen LogP contribution in [0.15, 0.2) is 0 Å². The Morgan fingerprint density at radius 2 is 2.40 bits per heavy atom. The first-order valence-electron chi connectivity index (χ1n) is 5.70. The molecule has 0 aromatic carbocycles. The molecule has 0 aromatic heterocycles. The van der Waals surface area contributed by atoms with Crippen molar-refractivity contribution in [1.29, 1.82) is 0 Å². The molecule has 0 aromatic rings. The Hall–Kier alpha value is -0.610. The molecular weight excluding hydrogens is 192 g/mol. The summed E-state index contributed by atoms with van der Waals surface area (Å²) in [6.07, 6.45) is 2.95. The summed E-state index contributed by atoms with van der Waals surface area (Å²) in [6, 6.07) is 0. The Kier molecular flexibility index (Phi) is 4.54. The summed E-state index contributed by atoms with van der Waals surface area (Å²) < 4.78 is 5.09. The van der Waals surface area contributed by atoms with E-state index in [9.17, 15) is 4.79 Å². The topological polar surface area (TPSA) is 50.4 Å². The highest BCUT2D eigenvalue weighted by molar-refractivity contribution is 5.86. The van der Waals surface area contributed by atoms with Gasteiger partial charge >= 0.3 is 0 Å². The highest BCUT2D eigenvalue weighted by Crippen LogP contribution is 2.22. The van der Waals surface area contributed by atoms with E-state index >= 15 is 0 Å². The van der Waals surface area contributed by atoms with Gasteiger partial charge in [-0.15, -0.1) is 0 Å². The van der Waals surface area contributed by atoms with Gasteiger partial charge in [-0.3, -0.25) is 4.79 Å². The number of carbonyl (C=O) groups excluding carboxylic acids is 1. The van der Waals surface area contributed by atoms with Crippen molar-refractivity contribution < 1.29 is 9.53 Å². The van der Waals surface area contributed by atoms with Crippen LogP contribution in [-0.4, -0.2) is 37.7 Å². The van der Waals surface area contributed by atoms with Crippen LogP contribution in [0.5, 0.6) is 0 Å². The van der Waals surface area contributed by atoms with Gasteiger partial charge in [0.15, 0.2) is 0 Å². The first-order chi connectivity index (χ1) is 7.14. The van der Waals surface area contributed by atoms with Crippen LogP contribution < -0.4 is 10.6 Å². The molecule has 2 N–H and O–H groups in total. The van der Waals surface area contributed by atoms with Crippen molar-refractivity contribution >= 4 is 5.91 Å². The Balaban J connectivity index is 2.44.